The van der Waals surface area contributed by atoms with Crippen molar-refractivity contribution in [2.75, 3.05) is 31.6 Å². The van der Waals surface area contributed by atoms with E-state index in [1.807, 2.05) is 44.5 Å². The minimum atomic E-state index is -0.251. The van der Waals surface area contributed by atoms with Gasteiger partial charge in [-0.1, -0.05) is 33.8 Å². The van der Waals surface area contributed by atoms with Gasteiger partial charge in [0.05, 0.1) is 5.39 Å². The summed E-state index contributed by atoms with van der Waals surface area (Å²) in [4.78, 5) is 13.8. The number of aromatic nitrogens is 3. The van der Waals surface area contributed by atoms with Crippen molar-refractivity contribution < 1.29 is 4.39 Å². The molecule has 5 nitrogen and oxygen atoms in total. The Morgan fingerprint density at radius 2 is 1.79 bits per heavy atom. The van der Waals surface area contributed by atoms with Gasteiger partial charge < -0.3 is 14.4 Å². The van der Waals surface area contributed by atoms with E-state index in [0.717, 1.165) is 47.7 Å². The molecule has 0 amide bonds. The summed E-state index contributed by atoms with van der Waals surface area (Å²) in [5, 5.41) is 1.04. The summed E-state index contributed by atoms with van der Waals surface area (Å²) in [6.45, 7) is 15.2. The van der Waals surface area contributed by atoms with Crippen LogP contribution in [0.3, 0.4) is 0 Å². The van der Waals surface area contributed by atoms with Crippen LogP contribution in [-0.2, 0) is 0 Å². The largest absolute Gasteiger partial charge is 0.353 e. The van der Waals surface area contributed by atoms with Gasteiger partial charge in [0.1, 0.15) is 23.6 Å². The summed E-state index contributed by atoms with van der Waals surface area (Å²) in [6, 6.07) is 7.06. The fraction of sp³-hybridized carbons (Fsp3) is 0.478. The highest BCUT2D eigenvalue weighted by Crippen LogP contribution is 2.31. The predicted octanol–water partition coefficient (Wildman–Crippen LogP) is 5.06. The van der Waals surface area contributed by atoms with Gasteiger partial charge in [0.2, 0.25) is 0 Å². The molecule has 0 N–H and O–H groups in total. The number of hydrogen-bond acceptors (Lipinski definition) is 4. The molecule has 158 valence electrons. The van der Waals surface area contributed by atoms with Crippen molar-refractivity contribution in [3.63, 3.8) is 0 Å². The third kappa shape index (κ3) is 4.75. The van der Waals surface area contributed by atoms with Gasteiger partial charge in [-0.25, -0.2) is 14.4 Å². The smallest absolute Gasteiger partial charge is 0.150 e. The molecule has 1 unspecified atom stereocenters. The van der Waals surface area contributed by atoms with Crippen LogP contribution in [0.15, 0.2) is 36.8 Å². The Labute approximate surface area is 174 Å². The molecule has 29 heavy (non-hydrogen) atoms. The molecule has 0 radical (unpaired) electrons. The van der Waals surface area contributed by atoms with Gasteiger partial charge in [-0.2, -0.15) is 0 Å². The van der Waals surface area contributed by atoms with Gasteiger partial charge in [-0.15, -0.1) is 0 Å². The Balaban J connectivity index is 0.000000707. The molecule has 4 rings (SSSR count). The minimum Gasteiger partial charge on any atom is -0.353 e. The highest BCUT2D eigenvalue weighted by atomic mass is 19.1. The van der Waals surface area contributed by atoms with E-state index in [1.165, 1.54) is 12.1 Å². The maximum Gasteiger partial charge on any atom is 0.150 e. The third-order valence-corrected chi connectivity index (χ3v) is 5.10. The molecule has 1 aromatic carbocycles. The minimum absolute atomic E-state index is 0.251. The Morgan fingerprint density at radius 1 is 1.07 bits per heavy atom. The zero-order chi connectivity index (χ0) is 21.6. The average Bonchev–Trinajstić information content (AvgIpc) is 3.10. The number of aryl methyl sites for hydroxylation is 1. The molecule has 6 heteroatoms. The predicted molar refractivity (Wildman–Crippen MR) is 121 cm³/mol. The number of likely N-dealkylation sites (N-methyl/N-ethyl adjacent to an activating group) is 1. The Morgan fingerprint density at radius 3 is 2.45 bits per heavy atom. The van der Waals surface area contributed by atoms with E-state index in [-0.39, 0.29) is 5.82 Å². The van der Waals surface area contributed by atoms with Crippen LogP contribution in [0.2, 0.25) is 0 Å². The second-order valence-electron chi connectivity index (χ2n) is 6.83. The molecule has 2 aromatic heterocycles. The number of rotatable bonds is 2. The van der Waals surface area contributed by atoms with Crippen LogP contribution < -0.4 is 4.90 Å². The number of hydrogen-bond donors (Lipinski definition) is 0. The molecule has 1 aliphatic heterocycles. The van der Waals surface area contributed by atoms with Gasteiger partial charge in [-0.3, -0.25) is 0 Å². The molecular formula is C23H34FN5. The maximum absolute atomic E-state index is 13.7. The summed E-state index contributed by atoms with van der Waals surface area (Å²) in [5.74, 6) is 0.719. The van der Waals surface area contributed by atoms with Crippen molar-refractivity contribution >= 4 is 16.9 Å². The SMILES string of the molecule is CC.CC.Cc1cn(-c2cccc(F)c2)c2ncnc(N3CCN(C)C(C)C3)c12. The van der Waals surface area contributed by atoms with Crippen LogP contribution in [0.5, 0.6) is 0 Å². The molecule has 3 heterocycles. The highest BCUT2D eigenvalue weighted by molar-refractivity contribution is 5.92. The first kappa shape index (κ1) is 22.8. The first-order valence-corrected chi connectivity index (χ1v) is 10.6. The van der Waals surface area contributed by atoms with Crippen LogP contribution in [0, 0.1) is 12.7 Å². The first-order chi connectivity index (χ1) is 14.0. The molecule has 0 aliphatic carbocycles. The lowest BCUT2D eigenvalue weighted by Crippen LogP contribution is -2.50. The lowest BCUT2D eigenvalue weighted by Gasteiger charge is -2.38. The van der Waals surface area contributed by atoms with E-state index in [2.05, 4.69) is 40.7 Å². The quantitative estimate of drug-likeness (QED) is 0.604. The van der Waals surface area contributed by atoms with Crippen LogP contribution in [0.1, 0.15) is 40.2 Å². The number of halogens is 1. The summed E-state index contributed by atoms with van der Waals surface area (Å²) in [7, 11) is 2.16. The summed E-state index contributed by atoms with van der Waals surface area (Å²) < 4.78 is 15.6. The van der Waals surface area contributed by atoms with E-state index < -0.39 is 0 Å². The van der Waals surface area contributed by atoms with E-state index in [9.17, 15) is 4.39 Å². The van der Waals surface area contributed by atoms with Crippen molar-refractivity contribution in [3.8, 4) is 5.69 Å². The standard InChI is InChI=1S/C19H22FN5.2C2H6/c1-13-10-25(16-6-4-5-15(20)9-16)19-17(13)18(21-12-22-19)24-8-7-23(3)14(2)11-24;2*1-2/h4-6,9-10,12,14H,7-8,11H2,1-3H3;2*1-2H3. The van der Waals surface area contributed by atoms with Crippen molar-refractivity contribution in [1.82, 2.24) is 19.4 Å². The topological polar surface area (TPSA) is 37.2 Å². The van der Waals surface area contributed by atoms with Gasteiger partial charge in [0.15, 0.2) is 0 Å². The van der Waals surface area contributed by atoms with E-state index in [1.54, 1.807) is 12.4 Å². The van der Waals surface area contributed by atoms with Crippen LogP contribution in [0.25, 0.3) is 16.7 Å². The van der Waals surface area contributed by atoms with E-state index in [0.29, 0.717) is 6.04 Å². The molecule has 1 fully saturated rings. The van der Waals surface area contributed by atoms with Gasteiger partial charge >= 0.3 is 0 Å². The molecular weight excluding hydrogens is 365 g/mol. The normalized spacial score (nSPS) is 16.7. The highest BCUT2D eigenvalue weighted by Gasteiger charge is 2.24. The monoisotopic (exact) mass is 399 g/mol. The molecule has 0 saturated carbocycles. The number of nitrogens with zero attached hydrogens (tertiary/aromatic N) is 5. The summed E-state index contributed by atoms with van der Waals surface area (Å²) in [6.07, 6.45) is 3.62. The van der Waals surface area contributed by atoms with Crippen LogP contribution >= 0.6 is 0 Å². The molecule has 0 spiro atoms. The molecule has 1 aliphatic rings. The number of piperazine rings is 1. The van der Waals surface area contributed by atoms with Crippen LogP contribution in [-0.4, -0.2) is 52.2 Å². The van der Waals surface area contributed by atoms with Gasteiger partial charge in [0.25, 0.3) is 0 Å². The fourth-order valence-corrected chi connectivity index (χ4v) is 3.53. The fourth-order valence-electron chi connectivity index (χ4n) is 3.53. The number of fused-ring (bicyclic) bond motifs is 1. The maximum atomic E-state index is 13.7. The van der Waals surface area contributed by atoms with Crippen molar-refractivity contribution in [2.24, 2.45) is 0 Å². The number of benzene rings is 1. The van der Waals surface area contributed by atoms with E-state index in [4.69, 9.17) is 0 Å². The molecule has 3 aromatic rings. The lowest BCUT2D eigenvalue weighted by molar-refractivity contribution is 0.233. The van der Waals surface area contributed by atoms with E-state index >= 15 is 0 Å². The first-order valence-electron chi connectivity index (χ1n) is 10.6. The number of anilines is 1. The van der Waals surface area contributed by atoms with Crippen LogP contribution in [0.4, 0.5) is 10.2 Å². The van der Waals surface area contributed by atoms with Crippen molar-refractivity contribution in [3.05, 3.63) is 48.2 Å². The average molecular weight is 400 g/mol. The third-order valence-electron chi connectivity index (χ3n) is 5.10. The van der Waals surface area contributed by atoms with Crippen molar-refractivity contribution in [1.29, 1.82) is 0 Å². The second kappa shape index (κ2) is 10.3. The lowest BCUT2D eigenvalue weighted by atomic mass is 10.2. The summed E-state index contributed by atoms with van der Waals surface area (Å²) in [5.41, 5.74) is 2.69. The molecule has 0 bridgehead atoms. The summed E-state index contributed by atoms with van der Waals surface area (Å²) >= 11 is 0. The zero-order valence-electron chi connectivity index (χ0n) is 18.8. The Hall–Kier alpha value is -2.47. The zero-order valence-corrected chi connectivity index (χ0v) is 18.8. The Kier molecular flexibility index (Phi) is 8.14. The van der Waals surface area contributed by atoms with Gasteiger partial charge in [-0.05, 0) is 44.7 Å². The van der Waals surface area contributed by atoms with Gasteiger partial charge in [0, 0.05) is 37.6 Å². The molecule has 1 saturated heterocycles. The molecule has 1 atom stereocenters. The Bertz CT molecular complexity index is 921. The van der Waals surface area contributed by atoms with Crippen molar-refractivity contribution in [2.45, 2.75) is 47.6 Å². The second-order valence-corrected chi connectivity index (χ2v) is 6.83.